The summed E-state index contributed by atoms with van der Waals surface area (Å²) >= 11 is 0. The zero-order chi connectivity index (χ0) is 14.7. The Morgan fingerprint density at radius 1 is 1.35 bits per heavy atom. The normalized spacial score (nSPS) is 10.8. The maximum Gasteiger partial charge on any atom is 0.220 e. The highest BCUT2D eigenvalue weighted by molar-refractivity contribution is 5.76. The van der Waals surface area contributed by atoms with Gasteiger partial charge in [-0.15, -0.1) is 0 Å². The molecule has 0 bridgehead atoms. The molecule has 0 aromatic carbocycles. The van der Waals surface area contributed by atoms with Crippen LogP contribution in [0, 0.1) is 20.8 Å². The molecule has 0 aliphatic rings. The van der Waals surface area contributed by atoms with Gasteiger partial charge in [0.15, 0.2) is 0 Å². The third-order valence-electron chi connectivity index (χ3n) is 3.52. The van der Waals surface area contributed by atoms with Gasteiger partial charge in [0.05, 0.1) is 12.2 Å². The lowest BCUT2D eigenvalue weighted by atomic mass is 10.1. The highest BCUT2D eigenvalue weighted by atomic mass is 16.3. The van der Waals surface area contributed by atoms with Gasteiger partial charge in [-0.2, -0.15) is 5.10 Å². The van der Waals surface area contributed by atoms with Crippen LogP contribution in [0.2, 0.25) is 0 Å². The van der Waals surface area contributed by atoms with E-state index in [1.165, 1.54) is 0 Å². The Morgan fingerprint density at radius 2 is 2.10 bits per heavy atom. The highest BCUT2D eigenvalue weighted by Gasteiger charge is 2.11. The Hall–Kier alpha value is -2.04. The van der Waals surface area contributed by atoms with Gasteiger partial charge in [-0.25, -0.2) is 0 Å². The molecule has 5 heteroatoms. The van der Waals surface area contributed by atoms with E-state index in [1.807, 2.05) is 44.6 Å². The van der Waals surface area contributed by atoms with Crippen LogP contribution in [0.1, 0.15) is 34.9 Å². The average Bonchev–Trinajstić information content (AvgIpc) is 2.91. The van der Waals surface area contributed by atoms with Gasteiger partial charge in [-0.05, 0) is 44.9 Å². The molecule has 0 saturated heterocycles. The van der Waals surface area contributed by atoms with Crippen molar-refractivity contribution in [2.24, 2.45) is 7.05 Å². The summed E-state index contributed by atoms with van der Waals surface area (Å²) < 4.78 is 7.27. The van der Waals surface area contributed by atoms with Crippen molar-refractivity contribution in [1.82, 2.24) is 15.1 Å². The Bertz CT molecular complexity index is 611. The number of hydrogen-bond acceptors (Lipinski definition) is 3. The third-order valence-corrected chi connectivity index (χ3v) is 3.52. The summed E-state index contributed by atoms with van der Waals surface area (Å²) in [6, 6.07) is 3.77. The van der Waals surface area contributed by atoms with Crippen LogP contribution < -0.4 is 5.32 Å². The molecule has 1 N–H and O–H groups in total. The molecule has 2 heterocycles. The van der Waals surface area contributed by atoms with Crippen LogP contribution in [0.5, 0.6) is 0 Å². The number of aryl methyl sites for hydroxylation is 3. The molecule has 2 aromatic heterocycles. The van der Waals surface area contributed by atoms with Crippen LogP contribution in [-0.2, 0) is 24.8 Å². The number of nitrogens with zero attached hydrogens (tertiary/aromatic N) is 2. The largest absolute Gasteiger partial charge is 0.465 e. The van der Waals surface area contributed by atoms with Crippen molar-refractivity contribution in [3.05, 3.63) is 40.6 Å². The molecule has 0 atom stereocenters. The lowest BCUT2D eigenvalue weighted by Crippen LogP contribution is -2.22. The number of nitrogens with one attached hydrogen (secondary N) is 1. The van der Waals surface area contributed by atoms with Crippen LogP contribution in [0.15, 0.2) is 16.5 Å². The van der Waals surface area contributed by atoms with E-state index in [1.54, 1.807) is 0 Å². The smallest absolute Gasteiger partial charge is 0.220 e. The van der Waals surface area contributed by atoms with Crippen LogP contribution in [0.3, 0.4) is 0 Å². The van der Waals surface area contributed by atoms with E-state index < -0.39 is 0 Å². The van der Waals surface area contributed by atoms with Gasteiger partial charge >= 0.3 is 0 Å². The highest BCUT2D eigenvalue weighted by Crippen LogP contribution is 2.14. The number of amides is 1. The van der Waals surface area contributed by atoms with Crippen LogP contribution >= 0.6 is 0 Å². The first-order chi connectivity index (χ1) is 9.47. The van der Waals surface area contributed by atoms with Crippen molar-refractivity contribution < 1.29 is 9.21 Å². The predicted molar refractivity (Wildman–Crippen MR) is 76.3 cm³/mol. The van der Waals surface area contributed by atoms with Crippen molar-refractivity contribution in [1.29, 1.82) is 0 Å². The number of rotatable bonds is 5. The molecule has 5 nitrogen and oxygen atoms in total. The van der Waals surface area contributed by atoms with Crippen molar-refractivity contribution in [3.8, 4) is 0 Å². The molecule has 0 spiro atoms. The van der Waals surface area contributed by atoms with Crippen molar-refractivity contribution in [2.45, 2.75) is 40.2 Å². The van der Waals surface area contributed by atoms with E-state index in [-0.39, 0.29) is 5.91 Å². The second-order valence-electron chi connectivity index (χ2n) is 5.06. The number of carbonyl (C=O) groups excluding carboxylic acids is 1. The minimum absolute atomic E-state index is 0.0294. The maximum atomic E-state index is 11.8. The SMILES string of the molecule is Cc1ccc(CNC(=O)CCc2c(C)nn(C)c2C)o1. The molecule has 0 aliphatic carbocycles. The second kappa shape index (κ2) is 5.94. The zero-order valence-corrected chi connectivity index (χ0v) is 12.5. The number of aromatic nitrogens is 2. The summed E-state index contributed by atoms with van der Waals surface area (Å²) in [5, 5.41) is 7.22. The molecule has 108 valence electrons. The first-order valence-electron chi connectivity index (χ1n) is 6.78. The average molecular weight is 275 g/mol. The Kier molecular flexibility index (Phi) is 4.27. The molecule has 0 saturated carbocycles. The minimum Gasteiger partial charge on any atom is -0.465 e. The summed E-state index contributed by atoms with van der Waals surface area (Å²) in [6.45, 7) is 6.34. The second-order valence-corrected chi connectivity index (χ2v) is 5.06. The van der Waals surface area contributed by atoms with E-state index >= 15 is 0 Å². The van der Waals surface area contributed by atoms with E-state index in [0.29, 0.717) is 19.4 Å². The number of carbonyl (C=O) groups is 1. The molecule has 2 aromatic rings. The quantitative estimate of drug-likeness (QED) is 0.910. The molecule has 0 aliphatic heterocycles. The van der Waals surface area contributed by atoms with Crippen molar-refractivity contribution in [3.63, 3.8) is 0 Å². The van der Waals surface area contributed by atoms with Gasteiger partial charge in [-0.1, -0.05) is 0 Å². The predicted octanol–water partition coefficient (Wildman–Crippen LogP) is 2.19. The van der Waals surface area contributed by atoms with Crippen molar-refractivity contribution >= 4 is 5.91 Å². The summed E-state index contributed by atoms with van der Waals surface area (Å²) in [5.41, 5.74) is 3.29. The fourth-order valence-electron chi connectivity index (χ4n) is 2.27. The van der Waals surface area contributed by atoms with Crippen LogP contribution in [0.4, 0.5) is 0 Å². The zero-order valence-electron chi connectivity index (χ0n) is 12.5. The first-order valence-corrected chi connectivity index (χ1v) is 6.78. The Labute approximate surface area is 119 Å². The summed E-state index contributed by atoms with van der Waals surface area (Å²) in [4.78, 5) is 11.8. The lowest BCUT2D eigenvalue weighted by Gasteiger charge is -2.04. The molecule has 0 radical (unpaired) electrons. The number of hydrogen-bond donors (Lipinski definition) is 1. The fraction of sp³-hybridized carbons (Fsp3) is 0.467. The lowest BCUT2D eigenvalue weighted by molar-refractivity contribution is -0.121. The van der Waals surface area contributed by atoms with Gasteiger partial charge < -0.3 is 9.73 Å². The minimum atomic E-state index is 0.0294. The van der Waals surface area contributed by atoms with Crippen molar-refractivity contribution in [2.75, 3.05) is 0 Å². The fourth-order valence-corrected chi connectivity index (χ4v) is 2.27. The third kappa shape index (κ3) is 3.29. The van der Waals surface area contributed by atoms with Gasteiger partial charge in [0, 0.05) is 19.2 Å². The van der Waals surface area contributed by atoms with E-state index in [2.05, 4.69) is 10.4 Å². The monoisotopic (exact) mass is 275 g/mol. The maximum absolute atomic E-state index is 11.8. The molecular weight excluding hydrogens is 254 g/mol. The molecule has 1 amide bonds. The van der Waals surface area contributed by atoms with E-state index in [4.69, 9.17) is 4.42 Å². The Balaban J connectivity index is 1.83. The van der Waals surface area contributed by atoms with Gasteiger partial charge in [-0.3, -0.25) is 9.48 Å². The molecule has 20 heavy (non-hydrogen) atoms. The summed E-state index contributed by atoms with van der Waals surface area (Å²) in [5.74, 6) is 1.67. The van der Waals surface area contributed by atoms with Gasteiger partial charge in [0.2, 0.25) is 5.91 Å². The van der Waals surface area contributed by atoms with Crippen LogP contribution in [-0.4, -0.2) is 15.7 Å². The molecule has 0 unspecified atom stereocenters. The first kappa shape index (κ1) is 14.4. The van der Waals surface area contributed by atoms with E-state index in [9.17, 15) is 4.79 Å². The standard InChI is InChI=1S/C15H21N3O2/c1-10-5-6-13(20-10)9-16-15(19)8-7-14-11(2)17-18(4)12(14)3/h5-6H,7-9H2,1-4H3,(H,16,19). The molecular formula is C15H21N3O2. The molecule has 0 fully saturated rings. The van der Waals surface area contributed by atoms with Gasteiger partial charge in [0.1, 0.15) is 11.5 Å². The topological polar surface area (TPSA) is 60.1 Å². The summed E-state index contributed by atoms with van der Waals surface area (Å²) in [6.07, 6.45) is 1.18. The Morgan fingerprint density at radius 3 is 2.65 bits per heavy atom. The van der Waals surface area contributed by atoms with Gasteiger partial charge in [0.25, 0.3) is 0 Å². The summed E-state index contributed by atoms with van der Waals surface area (Å²) in [7, 11) is 1.92. The number of furan rings is 1. The van der Waals surface area contributed by atoms with E-state index in [0.717, 1.165) is 28.5 Å². The van der Waals surface area contributed by atoms with Crippen LogP contribution in [0.25, 0.3) is 0 Å². The molecule has 2 rings (SSSR count).